The monoisotopic (exact) mass is 503 g/mol. The Morgan fingerprint density at radius 3 is 2.47 bits per heavy atom. The molecule has 0 unspecified atom stereocenters. The molecule has 2 heterocycles. The molecule has 5 rings (SSSR count). The van der Waals surface area contributed by atoms with E-state index >= 15 is 0 Å². The number of hydrogen-bond acceptors (Lipinski definition) is 6. The minimum absolute atomic E-state index is 0.116. The Hall–Kier alpha value is -3.39. The van der Waals surface area contributed by atoms with Crippen LogP contribution >= 0.6 is 34.7 Å². The van der Waals surface area contributed by atoms with E-state index < -0.39 is 0 Å². The summed E-state index contributed by atoms with van der Waals surface area (Å²) in [5.74, 6) is 0.633. The van der Waals surface area contributed by atoms with Gasteiger partial charge in [-0.1, -0.05) is 54.1 Å². The molecule has 168 valence electrons. The fourth-order valence-electron chi connectivity index (χ4n) is 3.27. The summed E-state index contributed by atoms with van der Waals surface area (Å²) in [6.45, 7) is 0.453. The molecule has 8 heteroatoms. The van der Waals surface area contributed by atoms with Crippen molar-refractivity contribution in [1.82, 2.24) is 4.98 Å². The number of anilines is 1. The molecule has 1 fully saturated rings. The van der Waals surface area contributed by atoms with Crippen molar-refractivity contribution in [1.29, 1.82) is 0 Å². The quantitative estimate of drug-likeness (QED) is 0.261. The molecule has 5 nitrogen and oxygen atoms in total. The van der Waals surface area contributed by atoms with Crippen molar-refractivity contribution in [3.05, 3.63) is 111 Å². The van der Waals surface area contributed by atoms with Crippen molar-refractivity contribution in [2.75, 3.05) is 4.90 Å². The third-order valence-electron chi connectivity index (χ3n) is 4.93. The van der Waals surface area contributed by atoms with E-state index in [-0.39, 0.29) is 5.91 Å². The molecule has 1 aliphatic heterocycles. The molecule has 34 heavy (non-hydrogen) atoms. The first kappa shape index (κ1) is 22.4. The third kappa shape index (κ3) is 5.22. The van der Waals surface area contributed by atoms with Crippen molar-refractivity contribution < 1.29 is 9.53 Å². The molecule has 0 spiro atoms. The first-order chi connectivity index (χ1) is 16.7. The molecule has 1 amide bonds. The van der Waals surface area contributed by atoms with Gasteiger partial charge in [-0.25, -0.2) is 4.98 Å². The number of thiazole rings is 1. The van der Waals surface area contributed by atoms with Crippen LogP contribution in [-0.4, -0.2) is 16.1 Å². The van der Waals surface area contributed by atoms with E-state index in [1.165, 1.54) is 23.1 Å². The molecule has 3 aromatic carbocycles. The van der Waals surface area contributed by atoms with E-state index in [9.17, 15) is 4.79 Å². The van der Waals surface area contributed by atoms with Crippen LogP contribution in [0.4, 0.5) is 10.8 Å². The van der Waals surface area contributed by atoms with Gasteiger partial charge >= 0.3 is 0 Å². The van der Waals surface area contributed by atoms with E-state index in [0.29, 0.717) is 26.8 Å². The van der Waals surface area contributed by atoms with Gasteiger partial charge in [-0.2, -0.15) is 4.99 Å². The zero-order chi connectivity index (χ0) is 23.3. The largest absolute Gasteiger partial charge is 0.489 e. The lowest BCUT2D eigenvalue weighted by Crippen LogP contribution is -2.28. The normalized spacial score (nSPS) is 15.9. The Morgan fingerprint density at radius 2 is 1.76 bits per heavy atom. The SMILES string of the molecule is O=C1/C(=C/c2ccc(OCc3ccc(Cl)cc3)cc2)S/C(=N/c2nccs2)N1c1ccccc1. The molecule has 0 atom stereocenters. The third-order valence-corrected chi connectivity index (χ3v) is 6.81. The van der Waals surface area contributed by atoms with Gasteiger partial charge in [0.1, 0.15) is 12.4 Å². The maximum absolute atomic E-state index is 13.3. The van der Waals surface area contributed by atoms with E-state index in [0.717, 1.165) is 22.6 Å². The molecular formula is C26H18ClN3O2S2. The Bertz CT molecular complexity index is 1340. The van der Waals surface area contributed by atoms with Gasteiger partial charge in [0.05, 0.1) is 10.6 Å². The number of carbonyl (C=O) groups excluding carboxylic acids is 1. The number of thioether (sulfide) groups is 1. The van der Waals surface area contributed by atoms with Crippen LogP contribution in [-0.2, 0) is 11.4 Å². The van der Waals surface area contributed by atoms with Crippen molar-refractivity contribution >= 4 is 62.7 Å². The standard InChI is InChI=1S/C26H18ClN3O2S2/c27-20-10-6-19(7-11-20)17-32-22-12-8-18(9-13-22)16-23-24(31)30(21-4-2-1-3-5-21)26(34-23)29-25-28-14-15-33-25/h1-16H,17H2/b23-16-,29-26+. The number of nitrogens with zero attached hydrogens (tertiary/aromatic N) is 3. The predicted molar refractivity (Wildman–Crippen MR) is 141 cm³/mol. The van der Waals surface area contributed by atoms with Gasteiger partial charge in [0.15, 0.2) is 5.17 Å². The van der Waals surface area contributed by atoms with E-state index in [4.69, 9.17) is 16.3 Å². The summed E-state index contributed by atoms with van der Waals surface area (Å²) in [5, 5.41) is 3.76. The topological polar surface area (TPSA) is 54.8 Å². The highest BCUT2D eigenvalue weighted by Crippen LogP contribution is 2.37. The summed E-state index contributed by atoms with van der Waals surface area (Å²) in [4.78, 5) is 24.4. The number of ether oxygens (including phenoxy) is 1. The first-order valence-electron chi connectivity index (χ1n) is 10.4. The summed E-state index contributed by atoms with van der Waals surface area (Å²) in [6, 6.07) is 24.7. The molecule has 4 aromatic rings. The second kappa shape index (κ2) is 10.3. The second-order valence-electron chi connectivity index (χ2n) is 7.28. The Labute approximate surface area is 210 Å². The number of para-hydroxylation sites is 1. The predicted octanol–water partition coefficient (Wildman–Crippen LogP) is 7.18. The van der Waals surface area contributed by atoms with Crippen LogP contribution in [0.2, 0.25) is 5.02 Å². The molecule has 1 saturated heterocycles. The zero-order valence-electron chi connectivity index (χ0n) is 17.8. The summed E-state index contributed by atoms with van der Waals surface area (Å²) in [6.07, 6.45) is 3.57. The number of aromatic nitrogens is 1. The highest BCUT2D eigenvalue weighted by Gasteiger charge is 2.34. The number of amidine groups is 1. The smallest absolute Gasteiger partial charge is 0.271 e. The van der Waals surface area contributed by atoms with Crippen molar-refractivity contribution in [3.8, 4) is 5.75 Å². The van der Waals surface area contributed by atoms with Crippen molar-refractivity contribution in [2.45, 2.75) is 6.61 Å². The number of aliphatic imine (C=N–C) groups is 1. The number of amides is 1. The lowest BCUT2D eigenvalue weighted by atomic mass is 10.2. The average Bonchev–Trinajstić information content (AvgIpc) is 3.48. The molecule has 0 saturated carbocycles. The Morgan fingerprint density at radius 1 is 1.00 bits per heavy atom. The molecule has 0 bridgehead atoms. The maximum atomic E-state index is 13.3. The van der Waals surface area contributed by atoms with Gasteiger partial charge in [0.2, 0.25) is 5.13 Å². The van der Waals surface area contributed by atoms with Crippen LogP contribution in [0.25, 0.3) is 6.08 Å². The van der Waals surface area contributed by atoms with Gasteiger partial charge < -0.3 is 4.74 Å². The fraction of sp³-hybridized carbons (Fsp3) is 0.0385. The minimum Gasteiger partial charge on any atom is -0.489 e. The molecule has 1 aromatic heterocycles. The summed E-state index contributed by atoms with van der Waals surface area (Å²) >= 11 is 8.70. The second-order valence-corrected chi connectivity index (χ2v) is 9.60. The van der Waals surface area contributed by atoms with Gasteiger partial charge in [-0.3, -0.25) is 9.69 Å². The van der Waals surface area contributed by atoms with Crippen LogP contribution in [0, 0.1) is 0 Å². The lowest BCUT2D eigenvalue weighted by Gasteiger charge is -2.14. The van der Waals surface area contributed by atoms with Gasteiger partial charge in [0, 0.05) is 16.6 Å². The maximum Gasteiger partial charge on any atom is 0.271 e. The molecule has 0 radical (unpaired) electrons. The highest BCUT2D eigenvalue weighted by atomic mass is 35.5. The van der Waals surface area contributed by atoms with Crippen molar-refractivity contribution in [3.63, 3.8) is 0 Å². The van der Waals surface area contributed by atoms with Crippen LogP contribution in [0.15, 0.2) is 100 Å². The zero-order valence-corrected chi connectivity index (χ0v) is 20.2. The van der Waals surface area contributed by atoms with E-state index in [1.54, 1.807) is 11.1 Å². The molecular weight excluding hydrogens is 486 g/mol. The minimum atomic E-state index is -0.116. The van der Waals surface area contributed by atoms with Crippen LogP contribution < -0.4 is 9.64 Å². The Balaban J connectivity index is 1.35. The number of benzene rings is 3. The Kier molecular flexibility index (Phi) is 6.76. The first-order valence-corrected chi connectivity index (χ1v) is 12.5. The summed E-state index contributed by atoms with van der Waals surface area (Å²) in [5.41, 5.74) is 2.71. The summed E-state index contributed by atoms with van der Waals surface area (Å²) < 4.78 is 5.86. The summed E-state index contributed by atoms with van der Waals surface area (Å²) in [7, 11) is 0. The average molecular weight is 504 g/mol. The molecule has 0 N–H and O–H groups in total. The van der Waals surface area contributed by atoms with Gasteiger partial charge in [-0.05, 0) is 65.4 Å². The number of halogens is 1. The number of hydrogen-bond donors (Lipinski definition) is 0. The number of carbonyl (C=O) groups is 1. The van der Waals surface area contributed by atoms with E-state index in [1.807, 2.05) is 90.3 Å². The van der Waals surface area contributed by atoms with Crippen LogP contribution in [0.3, 0.4) is 0 Å². The highest BCUT2D eigenvalue weighted by molar-refractivity contribution is 8.19. The van der Waals surface area contributed by atoms with Gasteiger partial charge in [0.25, 0.3) is 5.91 Å². The lowest BCUT2D eigenvalue weighted by molar-refractivity contribution is -0.113. The van der Waals surface area contributed by atoms with Crippen LogP contribution in [0.5, 0.6) is 5.75 Å². The van der Waals surface area contributed by atoms with Gasteiger partial charge in [-0.15, -0.1) is 11.3 Å². The van der Waals surface area contributed by atoms with Crippen molar-refractivity contribution in [2.24, 2.45) is 4.99 Å². The number of rotatable bonds is 6. The molecule has 0 aliphatic carbocycles. The fourth-order valence-corrected chi connectivity index (χ4v) is 4.94. The molecule has 1 aliphatic rings. The van der Waals surface area contributed by atoms with E-state index in [2.05, 4.69) is 9.98 Å². The van der Waals surface area contributed by atoms with Crippen LogP contribution in [0.1, 0.15) is 11.1 Å².